The van der Waals surface area contributed by atoms with Crippen LogP contribution < -0.4 is 4.90 Å². The lowest BCUT2D eigenvalue weighted by Crippen LogP contribution is -2.35. The Labute approximate surface area is 115 Å². The molecule has 0 atom stereocenters. The summed E-state index contributed by atoms with van der Waals surface area (Å²) in [5.41, 5.74) is 0.837. The first-order chi connectivity index (χ1) is 8.92. The third kappa shape index (κ3) is 6.25. The molecule has 0 aliphatic rings. The van der Waals surface area contributed by atoms with Gasteiger partial charge in [-0.05, 0) is 39.3 Å². The van der Waals surface area contributed by atoms with Crippen LogP contribution in [-0.2, 0) is 9.63 Å². The first-order valence-electron chi connectivity index (χ1n) is 6.59. The Hall–Kier alpha value is -1.55. The summed E-state index contributed by atoms with van der Waals surface area (Å²) in [5.74, 6) is 0. The summed E-state index contributed by atoms with van der Waals surface area (Å²) in [6.07, 6.45) is 1.61. The number of rotatable bonds is 7. The summed E-state index contributed by atoms with van der Waals surface area (Å²) < 4.78 is 0. The molecule has 0 unspecified atom stereocenters. The molecule has 19 heavy (non-hydrogen) atoms. The van der Waals surface area contributed by atoms with E-state index in [9.17, 15) is 4.79 Å². The van der Waals surface area contributed by atoms with Gasteiger partial charge in [-0.25, -0.2) is 5.06 Å². The van der Waals surface area contributed by atoms with Crippen molar-refractivity contribution in [1.29, 1.82) is 0 Å². The van der Waals surface area contributed by atoms with E-state index < -0.39 is 0 Å². The molecule has 1 aromatic carbocycles. The van der Waals surface area contributed by atoms with Crippen LogP contribution in [-0.4, -0.2) is 37.2 Å². The monoisotopic (exact) mass is 264 g/mol. The summed E-state index contributed by atoms with van der Waals surface area (Å²) >= 11 is 0. The molecular weight excluding hydrogens is 240 g/mol. The first-order valence-corrected chi connectivity index (χ1v) is 6.59. The van der Waals surface area contributed by atoms with Crippen molar-refractivity contribution < 1.29 is 9.63 Å². The van der Waals surface area contributed by atoms with Crippen LogP contribution in [0.3, 0.4) is 0 Å². The SMILES string of the molecule is CN(CCCN(C=O)OC(C)(C)C)c1ccccc1. The van der Waals surface area contributed by atoms with Gasteiger partial charge in [-0.1, -0.05) is 18.2 Å². The molecule has 0 bridgehead atoms. The topological polar surface area (TPSA) is 32.8 Å². The van der Waals surface area contributed by atoms with E-state index in [1.807, 2.05) is 46.0 Å². The van der Waals surface area contributed by atoms with E-state index >= 15 is 0 Å². The quantitative estimate of drug-likeness (QED) is 0.561. The highest BCUT2D eigenvalue weighted by Gasteiger charge is 2.15. The van der Waals surface area contributed by atoms with Crippen LogP contribution in [0, 0.1) is 0 Å². The summed E-state index contributed by atoms with van der Waals surface area (Å²) in [6.45, 7) is 7.26. The summed E-state index contributed by atoms with van der Waals surface area (Å²) in [4.78, 5) is 18.6. The lowest BCUT2D eigenvalue weighted by Gasteiger charge is -2.27. The summed E-state index contributed by atoms with van der Waals surface area (Å²) in [6, 6.07) is 10.2. The van der Waals surface area contributed by atoms with Crippen molar-refractivity contribution in [1.82, 2.24) is 5.06 Å². The van der Waals surface area contributed by atoms with Crippen LogP contribution in [0.1, 0.15) is 27.2 Å². The second-order valence-electron chi connectivity index (χ2n) is 5.56. The van der Waals surface area contributed by atoms with Crippen molar-refractivity contribution >= 4 is 12.1 Å². The zero-order chi connectivity index (χ0) is 14.3. The number of amides is 1. The van der Waals surface area contributed by atoms with Gasteiger partial charge in [0, 0.05) is 19.3 Å². The second kappa shape index (κ2) is 7.14. The third-order valence-corrected chi connectivity index (χ3v) is 2.58. The molecule has 4 heteroatoms. The highest BCUT2D eigenvalue weighted by Crippen LogP contribution is 2.12. The van der Waals surface area contributed by atoms with Crippen LogP contribution in [0.4, 0.5) is 5.69 Å². The highest BCUT2D eigenvalue weighted by molar-refractivity contribution is 5.46. The van der Waals surface area contributed by atoms with Gasteiger partial charge in [0.25, 0.3) is 0 Å². The molecule has 0 aromatic heterocycles. The van der Waals surface area contributed by atoms with Crippen LogP contribution >= 0.6 is 0 Å². The van der Waals surface area contributed by atoms with Gasteiger partial charge in [-0.2, -0.15) is 0 Å². The molecule has 0 saturated carbocycles. The maximum atomic E-state index is 10.9. The standard InChI is InChI=1S/C15H24N2O2/c1-15(2,3)19-17(13-18)12-8-11-16(4)14-9-6-5-7-10-14/h5-7,9-10,13H,8,11-12H2,1-4H3. The highest BCUT2D eigenvalue weighted by atomic mass is 16.7. The minimum absolute atomic E-state index is 0.341. The Balaban J connectivity index is 2.35. The maximum absolute atomic E-state index is 10.9. The molecule has 0 N–H and O–H groups in total. The number of carbonyl (C=O) groups is 1. The molecule has 0 aliphatic carbocycles. The van der Waals surface area contributed by atoms with Gasteiger partial charge < -0.3 is 4.90 Å². The predicted molar refractivity (Wildman–Crippen MR) is 77.9 cm³/mol. The Morgan fingerprint density at radius 2 is 1.79 bits per heavy atom. The number of para-hydroxylation sites is 1. The molecule has 0 heterocycles. The number of nitrogens with zero attached hydrogens (tertiary/aromatic N) is 2. The van der Waals surface area contributed by atoms with Crippen molar-refractivity contribution in [3.63, 3.8) is 0 Å². The van der Waals surface area contributed by atoms with E-state index in [4.69, 9.17) is 4.84 Å². The van der Waals surface area contributed by atoms with Gasteiger partial charge in [0.2, 0.25) is 6.41 Å². The Morgan fingerprint density at radius 1 is 1.16 bits per heavy atom. The van der Waals surface area contributed by atoms with E-state index in [2.05, 4.69) is 17.0 Å². The normalized spacial score (nSPS) is 11.2. The molecule has 0 radical (unpaired) electrons. The summed E-state index contributed by atoms with van der Waals surface area (Å²) in [5, 5.41) is 1.37. The third-order valence-electron chi connectivity index (χ3n) is 2.58. The number of carbonyl (C=O) groups excluding carboxylic acids is 1. The molecule has 106 valence electrons. The van der Waals surface area contributed by atoms with E-state index in [1.54, 1.807) is 0 Å². The Bertz CT molecular complexity index is 373. The minimum Gasteiger partial charge on any atom is -0.375 e. The number of benzene rings is 1. The number of hydrogen-bond donors (Lipinski definition) is 0. The van der Waals surface area contributed by atoms with Gasteiger partial charge in [0.1, 0.15) is 0 Å². The molecule has 0 fully saturated rings. The van der Waals surface area contributed by atoms with Crippen molar-refractivity contribution in [2.24, 2.45) is 0 Å². The number of hydroxylamine groups is 2. The van der Waals surface area contributed by atoms with E-state index in [-0.39, 0.29) is 5.60 Å². The van der Waals surface area contributed by atoms with Gasteiger partial charge >= 0.3 is 0 Å². The minimum atomic E-state index is -0.341. The fourth-order valence-electron chi connectivity index (χ4n) is 1.75. The Kier molecular flexibility index (Phi) is 5.83. The van der Waals surface area contributed by atoms with E-state index in [0.717, 1.165) is 19.4 Å². The molecule has 0 spiro atoms. The molecule has 0 saturated heterocycles. The van der Waals surface area contributed by atoms with Crippen molar-refractivity contribution in [3.05, 3.63) is 30.3 Å². The van der Waals surface area contributed by atoms with E-state index in [0.29, 0.717) is 6.54 Å². The van der Waals surface area contributed by atoms with Crippen LogP contribution in [0.5, 0.6) is 0 Å². The van der Waals surface area contributed by atoms with E-state index in [1.165, 1.54) is 10.8 Å². The average molecular weight is 264 g/mol. The average Bonchev–Trinajstić information content (AvgIpc) is 2.37. The van der Waals surface area contributed by atoms with Crippen LogP contribution in [0.15, 0.2) is 30.3 Å². The largest absolute Gasteiger partial charge is 0.375 e. The lowest BCUT2D eigenvalue weighted by atomic mass is 10.2. The van der Waals surface area contributed by atoms with Crippen molar-refractivity contribution in [2.45, 2.75) is 32.8 Å². The number of anilines is 1. The van der Waals surface area contributed by atoms with Gasteiger partial charge in [0.15, 0.2) is 0 Å². The lowest BCUT2D eigenvalue weighted by molar-refractivity contribution is -0.216. The second-order valence-corrected chi connectivity index (χ2v) is 5.56. The molecular formula is C15H24N2O2. The zero-order valence-corrected chi connectivity index (χ0v) is 12.3. The first kappa shape index (κ1) is 15.5. The smallest absolute Gasteiger partial charge is 0.233 e. The zero-order valence-electron chi connectivity index (χ0n) is 12.3. The predicted octanol–water partition coefficient (Wildman–Crippen LogP) is 2.70. The van der Waals surface area contributed by atoms with Crippen molar-refractivity contribution in [2.75, 3.05) is 25.0 Å². The maximum Gasteiger partial charge on any atom is 0.233 e. The van der Waals surface area contributed by atoms with Gasteiger partial charge in [-0.3, -0.25) is 9.63 Å². The molecule has 4 nitrogen and oxygen atoms in total. The Morgan fingerprint density at radius 3 is 2.32 bits per heavy atom. The summed E-state index contributed by atoms with van der Waals surface area (Å²) in [7, 11) is 2.05. The molecule has 1 rings (SSSR count). The van der Waals surface area contributed by atoms with Gasteiger partial charge in [-0.15, -0.1) is 0 Å². The fraction of sp³-hybridized carbons (Fsp3) is 0.533. The fourth-order valence-corrected chi connectivity index (χ4v) is 1.75. The molecule has 1 amide bonds. The van der Waals surface area contributed by atoms with Crippen LogP contribution in [0.25, 0.3) is 0 Å². The van der Waals surface area contributed by atoms with Crippen molar-refractivity contribution in [3.8, 4) is 0 Å². The van der Waals surface area contributed by atoms with Crippen LogP contribution in [0.2, 0.25) is 0 Å². The number of hydrogen-bond acceptors (Lipinski definition) is 3. The van der Waals surface area contributed by atoms with Gasteiger partial charge in [0.05, 0.1) is 12.1 Å². The molecule has 0 aliphatic heterocycles. The molecule has 1 aromatic rings.